The summed E-state index contributed by atoms with van der Waals surface area (Å²) in [4.78, 5) is 7.42. The van der Waals surface area contributed by atoms with Gasteiger partial charge >= 0.3 is 0 Å². The predicted molar refractivity (Wildman–Crippen MR) is 124 cm³/mol. The van der Waals surface area contributed by atoms with Gasteiger partial charge in [-0.05, 0) is 62.3 Å². The lowest BCUT2D eigenvalue weighted by Gasteiger charge is -2.31. The van der Waals surface area contributed by atoms with Crippen LogP contribution in [0.15, 0.2) is 34.2 Å². The van der Waals surface area contributed by atoms with Gasteiger partial charge in [-0.15, -0.1) is 0 Å². The van der Waals surface area contributed by atoms with Gasteiger partial charge in [0, 0.05) is 39.0 Å². The molecule has 2 aliphatic rings. The molecule has 0 radical (unpaired) electrons. The van der Waals surface area contributed by atoms with Crippen molar-refractivity contribution < 1.29 is 8.42 Å². The third-order valence-electron chi connectivity index (χ3n) is 6.50. The Hall–Kier alpha value is -1.60. The monoisotopic (exact) mass is 434 g/mol. The third-order valence-corrected chi connectivity index (χ3v) is 7.63. The third kappa shape index (κ3) is 6.98. The first-order valence-electron chi connectivity index (χ1n) is 11.4. The topological polar surface area (TPSA) is 73.8 Å². The van der Waals surface area contributed by atoms with E-state index in [0.717, 1.165) is 37.0 Å². The van der Waals surface area contributed by atoms with E-state index in [4.69, 9.17) is 0 Å². The van der Waals surface area contributed by atoms with Crippen LogP contribution in [0.25, 0.3) is 0 Å². The molecular formula is C23H38N4O2S. The van der Waals surface area contributed by atoms with Gasteiger partial charge in [0.05, 0.1) is 4.90 Å². The largest absolute Gasteiger partial charge is 0.356 e. The minimum atomic E-state index is -3.14. The van der Waals surface area contributed by atoms with Crippen LogP contribution in [0, 0.1) is 5.92 Å². The van der Waals surface area contributed by atoms with Crippen LogP contribution in [0.2, 0.25) is 0 Å². The highest BCUT2D eigenvalue weighted by atomic mass is 32.2. The van der Waals surface area contributed by atoms with Crippen molar-refractivity contribution >= 4 is 15.8 Å². The Morgan fingerprint density at radius 3 is 2.47 bits per heavy atom. The summed E-state index contributed by atoms with van der Waals surface area (Å²) >= 11 is 0. The number of aliphatic imine (C=N–C) groups is 1. The molecule has 1 unspecified atom stereocenters. The van der Waals surface area contributed by atoms with Crippen LogP contribution >= 0.6 is 0 Å². The second-order valence-electron chi connectivity index (χ2n) is 8.84. The van der Waals surface area contributed by atoms with E-state index in [0.29, 0.717) is 10.9 Å². The lowest BCUT2D eigenvalue weighted by Crippen LogP contribution is -2.46. The van der Waals surface area contributed by atoms with Crippen molar-refractivity contribution in [3.63, 3.8) is 0 Å². The minimum absolute atomic E-state index is 0.367. The minimum Gasteiger partial charge on any atom is -0.356 e. The number of benzene rings is 1. The van der Waals surface area contributed by atoms with E-state index in [1.165, 1.54) is 64.3 Å². The lowest BCUT2D eigenvalue weighted by atomic mass is 9.89. The summed E-state index contributed by atoms with van der Waals surface area (Å²) in [7, 11) is -1.33. The molecule has 30 heavy (non-hydrogen) atoms. The molecule has 1 aliphatic heterocycles. The zero-order valence-electron chi connectivity index (χ0n) is 18.6. The zero-order chi connectivity index (χ0) is 21.4. The molecule has 1 heterocycles. The number of likely N-dealkylation sites (tertiary alicyclic amines) is 1. The Morgan fingerprint density at radius 1 is 1.07 bits per heavy atom. The van der Waals surface area contributed by atoms with Crippen LogP contribution in [-0.4, -0.2) is 64.8 Å². The van der Waals surface area contributed by atoms with E-state index in [2.05, 4.69) is 20.5 Å². The molecule has 0 spiro atoms. The molecule has 2 N–H and O–H groups in total. The highest BCUT2D eigenvalue weighted by molar-refractivity contribution is 7.90. The van der Waals surface area contributed by atoms with Gasteiger partial charge in [0.2, 0.25) is 0 Å². The molecule has 168 valence electrons. The smallest absolute Gasteiger partial charge is 0.191 e. The zero-order valence-corrected chi connectivity index (χ0v) is 19.4. The molecule has 2 fully saturated rings. The summed E-state index contributed by atoms with van der Waals surface area (Å²) < 4.78 is 23.1. The molecule has 7 heteroatoms. The summed E-state index contributed by atoms with van der Waals surface area (Å²) in [5.41, 5.74) is 1.11. The normalized spacial score (nSPS) is 21.7. The van der Waals surface area contributed by atoms with Crippen molar-refractivity contribution in [2.45, 2.75) is 62.3 Å². The summed E-state index contributed by atoms with van der Waals surface area (Å²) in [6, 6.07) is 7.73. The molecule has 6 nitrogen and oxygen atoms in total. The van der Waals surface area contributed by atoms with Crippen molar-refractivity contribution in [2.24, 2.45) is 10.9 Å². The molecule has 0 bridgehead atoms. The van der Waals surface area contributed by atoms with E-state index in [1.807, 2.05) is 19.2 Å². The Bertz CT molecular complexity index is 786. The summed E-state index contributed by atoms with van der Waals surface area (Å²) in [5, 5.41) is 6.90. The maximum absolute atomic E-state index is 11.6. The Labute approximate surface area is 182 Å². The highest BCUT2D eigenvalue weighted by Gasteiger charge is 2.27. The van der Waals surface area contributed by atoms with Crippen molar-refractivity contribution in [1.82, 2.24) is 15.5 Å². The first-order valence-corrected chi connectivity index (χ1v) is 13.3. The Morgan fingerprint density at radius 2 is 1.80 bits per heavy atom. The van der Waals surface area contributed by atoms with Crippen LogP contribution in [0.4, 0.5) is 0 Å². The number of guanidine groups is 1. The average Bonchev–Trinajstić information content (AvgIpc) is 3.18. The van der Waals surface area contributed by atoms with Gasteiger partial charge in [0.15, 0.2) is 15.8 Å². The number of sulfone groups is 1. The molecule has 1 aliphatic carbocycles. The van der Waals surface area contributed by atoms with E-state index in [1.54, 1.807) is 12.1 Å². The predicted octanol–water partition coefficient (Wildman–Crippen LogP) is 2.84. The number of rotatable bonds is 8. The molecule has 1 saturated carbocycles. The number of hydrogen-bond donors (Lipinski definition) is 2. The van der Waals surface area contributed by atoms with E-state index < -0.39 is 9.84 Å². The first-order chi connectivity index (χ1) is 14.5. The molecule has 0 amide bonds. The Balaban J connectivity index is 1.40. The molecule has 1 atom stereocenters. The first kappa shape index (κ1) is 23.1. The van der Waals surface area contributed by atoms with Crippen molar-refractivity contribution in [1.29, 1.82) is 0 Å². The quantitative estimate of drug-likeness (QED) is 0.486. The van der Waals surface area contributed by atoms with Crippen LogP contribution in [0.5, 0.6) is 0 Å². The van der Waals surface area contributed by atoms with Crippen molar-refractivity contribution in [3.05, 3.63) is 29.8 Å². The number of hydrogen-bond acceptors (Lipinski definition) is 4. The van der Waals surface area contributed by atoms with Crippen LogP contribution in [-0.2, 0) is 16.3 Å². The van der Waals surface area contributed by atoms with Gasteiger partial charge in [-0.3, -0.25) is 9.89 Å². The molecule has 1 aromatic rings. The van der Waals surface area contributed by atoms with Gasteiger partial charge < -0.3 is 10.6 Å². The molecule has 0 aromatic heterocycles. The number of nitrogens with zero attached hydrogens (tertiary/aromatic N) is 2. The molecule has 1 aromatic carbocycles. The fourth-order valence-corrected chi connectivity index (χ4v) is 5.36. The van der Waals surface area contributed by atoms with Gasteiger partial charge in [-0.2, -0.15) is 0 Å². The summed E-state index contributed by atoms with van der Waals surface area (Å²) in [6.07, 6.45) is 11.7. The van der Waals surface area contributed by atoms with Crippen LogP contribution in [0.3, 0.4) is 0 Å². The Kier molecular flexibility index (Phi) is 8.57. The van der Waals surface area contributed by atoms with Crippen molar-refractivity contribution in [3.8, 4) is 0 Å². The fraction of sp³-hybridized carbons (Fsp3) is 0.696. The maximum atomic E-state index is 11.6. The average molecular weight is 435 g/mol. The van der Waals surface area contributed by atoms with Crippen molar-refractivity contribution in [2.75, 3.05) is 39.5 Å². The van der Waals surface area contributed by atoms with Crippen LogP contribution in [0.1, 0.15) is 50.5 Å². The van der Waals surface area contributed by atoms with E-state index in [9.17, 15) is 8.42 Å². The second kappa shape index (κ2) is 11.1. The lowest BCUT2D eigenvalue weighted by molar-refractivity contribution is 0.188. The van der Waals surface area contributed by atoms with E-state index in [-0.39, 0.29) is 0 Å². The summed E-state index contributed by atoms with van der Waals surface area (Å²) in [5.74, 6) is 1.73. The molecule has 1 saturated heterocycles. The van der Waals surface area contributed by atoms with Gasteiger partial charge in [-0.25, -0.2) is 8.42 Å². The second-order valence-corrected chi connectivity index (χ2v) is 10.9. The molecular weight excluding hydrogens is 396 g/mol. The standard InChI is InChI=1S/C23H38N4O2S/c1-24-23(25-15-14-19-10-12-22(13-11-19)30(2,28)29)26-17-21-9-6-16-27(21)18-20-7-4-3-5-8-20/h10-13,20-21H,3-9,14-18H2,1-2H3,(H2,24,25,26). The maximum Gasteiger partial charge on any atom is 0.191 e. The molecule has 3 rings (SSSR count). The fourth-order valence-electron chi connectivity index (χ4n) is 4.73. The summed E-state index contributed by atoms with van der Waals surface area (Å²) in [6.45, 7) is 4.20. The van der Waals surface area contributed by atoms with Gasteiger partial charge in [0.1, 0.15) is 0 Å². The highest BCUT2D eigenvalue weighted by Crippen LogP contribution is 2.27. The SMILES string of the molecule is CN=C(NCCc1ccc(S(C)(=O)=O)cc1)NCC1CCCN1CC1CCCCC1. The van der Waals surface area contributed by atoms with Crippen LogP contribution < -0.4 is 10.6 Å². The van der Waals surface area contributed by atoms with Gasteiger partial charge in [0.25, 0.3) is 0 Å². The van der Waals surface area contributed by atoms with Gasteiger partial charge in [-0.1, -0.05) is 31.4 Å². The van der Waals surface area contributed by atoms with E-state index >= 15 is 0 Å². The number of nitrogens with one attached hydrogen (secondary N) is 2.